The van der Waals surface area contributed by atoms with Crippen LogP contribution in [-0.2, 0) is 9.84 Å². The van der Waals surface area contributed by atoms with Crippen molar-refractivity contribution in [2.24, 2.45) is 0 Å². The van der Waals surface area contributed by atoms with E-state index in [9.17, 15) is 17.2 Å². The zero-order valence-electron chi connectivity index (χ0n) is 14.4. The smallest absolute Gasteiger partial charge is 0.236 e. The van der Waals surface area contributed by atoms with E-state index in [-0.39, 0.29) is 16.4 Å². The number of benzene rings is 1. The minimum absolute atomic E-state index is 0.0511. The third-order valence-corrected chi connectivity index (χ3v) is 5.22. The molecule has 8 heteroatoms. The molecule has 0 radical (unpaired) electrons. The van der Waals surface area contributed by atoms with E-state index < -0.39 is 16.3 Å². The lowest BCUT2D eigenvalue weighted by Gasteiger charge is -2.09. The lowest BCUT2D eigenvalue weighted by atomic mass is 10.0. The Labute approximate surface area is 150 Å². The molecule has 0 saturated heterocycles. The van der Waals surface area contributed by atoms with Crippen molar-refractivity contribution in [1.82, 2.24) is 14.8 Å². The molecule has 0 saturated carbocycles. The van der Waals surface area contributed by atoms with E-state index >= 15 is 0 Å². The van der Waals surface area contributed by atoms with E-state index in [0.717, 1.165) is 22.9 Å². The average Bonchev–Trinajstić information content (AvgIpc) is 3.02. The monoisotopic (exact) mass is 377 g/mol. The summed E-state index contributed by atoms with van der Waals surface area (Å²) in [5.74, 6) is 0.262. The molecule has 2 aromatic heterocycles. The second-order valence-corrected chi connectivity index (χ2v) is 8.11. The van der Waals surface area contributed by atoms with Crippen LogP contribution < -0.4 is 0 Å². The predicted molar refractivity (Wildman–Crippen MR) is 94.3 cm³/mol. The average molecular weight is 377 g/mol. The van der Waals surface area contributed by atoms with Crippen LogP contribution in [0.4, 0.5) is 8.78 Å². The van der Waals surface area contributed by atoms with Crippen LogP contribution in [-0.4, -0.2) is 29.4 Å². The van der Waals surface area contributed by atoms with Gasteiger partial charge in [0.1, 0.15) is 5.69 Å². The normalized spacial score (nSPS) is 11.9. The molecule has 0 aliphatic carbocycles. The van der Waals surface area contributed by atoms with Gasteiger partial charge in [-0.25, -0.2) is 26.9 Å². The Balaban J connectivity index is 2.15. The Morgan fingerprint density at radius 1 is 1.04 bits per heavy atom. The van der Waals surface area contributed by atoms with Gasteiger partial charge in [-0.3, -0.25) is 0 Å². The Hall–Kier alpha value is -2.61. The second-order valence-electron chi connectivity index (χ2n) is 6.09. The molecule has 0 bridgehead atoms. The summed E-state index contributed by atoms with van der Waals surface area (Å²) >= 11 is 0. The number of alkyl halides is 2. The fraction of sp³-hybridized carbons (Fsp3) is 0.222. The predicted octanol–water partition coefficient (Wildman–Crippen LogP) is 3.89. The molecule has 0 N–H and O–H groups in total. The minimum Gasteiger partial charge on any atom is -0.236 e. The lowest BCUT2D eigenvalue weighted by molar-refractivity contribution is 0.145. The van der Waals surface area contributed by atoms with Crippen molar-refractivity contribution in [3.8, 4) is 17.1 Å². The Morgan fingerprint density at radius 3 is 2.31 bits per heavy atom. The second kappa shape index (κ2) is 6.60. The topological polar surface area (TPSA) is 64.8 Å². The van der Waals surface area contributed by atoms with Crippen molar-refractivity contribution in [3.05, 3.63) is 59.4 Å². The van der Waals surface area contributed by atoms with Crippen LogP contribution in [0.3, 0.4) is 0 Å². The summed E-state index contributed by atoms with van der Waals surface area (Å²) in [5, 5.41) is 3.95. The van der Waals surface area contributed by atoms with Crippen LogP contribution in [0.2, 0.25) is 0 Å². The summed E-state index contributed by atoms with van der Waals surface area (Å²) in [6.45, 7) is 3.90. The highest BCUT2D eigenvalue weighted by atomic mass is 32.2. The van der Waals surface area contributed by atoms with E-state index in [4.69, 9.17) is 0 Å². The van der Waals surface area contributed by atoms with Crippen LogP contribution in [0.15, 0.2) is 47.5 Å². The molecule has 136 valence electrons. The molecule has 5 nitrogen and oxygen atoms in total. The van der Waals surface area contributed by atoms with Crippen molar-refractivity contribution >= 4 is 9.84 Å². The Kier molecular flexibility index (Phi) is 4.62. The number of nitrogens with zero attached hydrogens (tertiary/aromatic N) is 3. The Bertz CT molecular complexity index is 1060. The van der Waals surface area contributed by atoms with Crippen LogP contribution >= 0.6 is 0 Å². The van der Waals surface area contributed by atoms with Crippen molar-refractivity contribution < 1.29 is 17.2 Å². The summed E-state index contributed by atoms with van der Waals surface area (Å²) < 4.78 is 50.8. The van der Waals surface area contributed by atoms with Crippen LogP contribution in [0.5, 0.6) is 0 Å². The van der Waals surface area contributed by atoms with Gasteiger partial charge in [-0.05, 0) is 49.2 Å². The molecule has 26 heavy (non-hydrogen) atoms. The number of hydrogen-bond acceptors (Lipinski definition) is 4. The third-order valence-electron chi connectivity index (χ3n) is 4.12. The van der Waals surface area contributed by atoms with E-state index in [1.165, 1.54) is 29.1 Å². The molecule has 0 aliphatic rings. The molecule has 0 aliphatic heterocycles. The van der Waals surface area contributed by atoms with Crippen LogP contribution in [0.25, 0.3) is 17.1 Å². The standard InChI is InChI=1S/C18H17F2N3O2S/c1-11-4-5-13(8-12(11)2)16-9-15(18(19)20)22-23(16)17-7-6-14(10-21-17)26(3,24)25/h4-10,18H,1-3H3. The van der Waals surface area contributed by atoms with Gasteiger partial charge in [-0.1, -0.05) is 12.1 Å². The van der Waals surface area contributed by atoms with Crippen molar-refractivity contribution in [3.63, 3.8) is 0 Å². The molecule has 0 fully saturated rings. The summed E-state index contributed by atoms with van der Waals surface area (Å²) in [6, 6.07) is 9.78. The third kappa shape index (κ3) is 3.50. The fourth-order valence-electron chi connectivity index (χ4n) is 2.50. The molecule has 3 aromatic rings. The fourth-order valence-corrected chi connectivity index (χ4v) is 3.06. The van der Waals surface area contributed by atoms with Gasteiger partial charge in [0.25, 0.3) is 6.43 Å². The number of aromatic nitrogens is 3. The summed E-state index contributed by atoms with van der Waals surface area (Å²) in [4.78, 5) is 4.14. The number of halogens is 2. The molecule has 0 atom stereocenters. The van der Waals surface area contributed by atoms with Crippen molar-refractivity contribution in [1.29, 1.82) is 0 Å². The van der Waals surface area contributed by atoms with Crippen LogP contribution in [0.1, 0.15) is 23.2 Å². The maximum atomic E-state index is 13.2. The zero-order chi connectivity index (χ0) is 19.1. The molecule has 2 heterocycles. The number of pyridine rings is 1. The van der Waals surface area contributed by atoms with Gasteiger partial charge >= 0.3 is 0 Å². The molecule has 0 spiro atoms. The van der Waals surface area contributed by atoms with E-state index in [1.54, 1.807) is 0 Å². The van der Waals surface area contributed by atoms with Gasteiger partial charge in [-0.15, -0.1) is 0 Å². The maximum Gasteiger partial charge on any atom is 0.282 e. The van der Waals surface area contributed by atoms with Gasteiger partial charge < -0.3 is 0 Å². The molecule has 1 aromatic carbocycles. The molecule has 0 amide bonds. The van der Waals surface area contributed by atoms with E-state index in [2.05, 4.69) is 10.1 Å². The summed E-state index contributed by atoms with van der Waals surface area (Å²) in [7, 11) is -3.39. The molecular formula is C18H17F2N3O2S. The highest BCUT2D eigenvalue weighted by Crippen LogP contribution is 2.29. The molecule has 0 unspecified atom stereocenters. The number of rotatable bonds is 4. The number of sulfone groups is 1. The summed E-state index contributed by atoms with van der Waals surface area (Å²) in [5.41, 5.74) is 2.93. The zero-order valence-corrected chi connectivity index (χ0v) is 15.3. The van der Waals surface area contributed by atoms with E-state index in [0.29, 0.717) is 5.69 Å². The largest absolute Gasteiger partial charge is 0.282 e. The minimum atomic E-state index is -3.39. The maximum absolute atomic E-state index is 13.2. The van der Waals surface area contributed by atoms with Gasteiger partial charge in [0.2, 0.25) is 0 Å². The van der Waals surface area contributed by atoms with Crippen LogP contribution in [0, 0.1) is 13.8 Å². The quantitative estimate of drug-likeness (QED) is 0.692. The Morgan fingerprint density at radius 2 is 1.77 bits per heavy atom. The molecule has 3 rings (SSSR count). The van der Waals surface area contributed by atoms with E-state index in [1.807, 2.05) is 32.0 Å². The SMILES string of the molecule is Cc1ccc(-c2cc(C(F)F)nn2-c2ccc(S(C)(=O)=O)cn2)cc1C. The highest BCUT2D eigenvalue weighted by molar-refractivity contribution is 7.90. The number of hydrogen-bond donors (Lipinski definition) is 0. The first kappa shape index (κ1) is 18.2. The van der Waals surface area contributed by atoms with Crippen molar-refractivity contribution in [2.45, 2.75) is 25.2 Å². The number of aryl methyl sites for hydroxylation is 2. The van der Waals surface area contributed by atoms with Crippen molar-refractivity contribution in [2.75, 3.05) is 6.26 Å². The lowest BCUT2D eigenvalue weighted by Crippen LogP contribution is -2.04. The molecular weight excluding hydrogens is 360 g/mol. The first-order valence-electron chi connectivity index (χ1n) is 7.79. The van der Waals surface area contributed by atoms with Gasteiger partial charge in [0.05, 0.1) is 10.6 Å². The first-order valence-corrected chi connectivity index (χ1v) is 9.68. The van der Waals surface area contributed by atoms with Gasteiger partial charge in [-0.2, -0.15) is 5.10 Å². The van der Waals surface area contributed by atoms with Gasteiger partial charge in [0, 0.05) is 18.0 Å². The van der Waals surface area contributed by atoms with Gasteiger partial charge in [0.15, 0.2) is 15.7 Å². The first-order chi connectivity index (χ1) is 12.2. The summed E-state index contributed by atoms with van der Waals surface area (Å²) in [6.07, 6.45) is -0.456. The highest BCUT2D eigenvalue weighted by Gasteiger charge is 2.19.